The molecule has 0 amide bonds. The molecule has 0 aliphatic rings. The van der Waals surface area contributed by atoms with Crippen LogP contribution >= 0.6 is 0 Å². The van der Waals surface area contributed by atoms with Gasteiger partial charge in [0, 0.05) is 13.6 Å². The number of halogens is 3. The number of para-hydroxylation sites is 1. The molecule has 0 aliphatic heterocycles. The molecular weight excluding hydrogens is 323 g/mol. The van der Waals surface area contributed by atoms with Crippen LogP contribution in [0.1, 0.15) is 11.4 Å². The second-order valence-electron chi connectivity index (χ2n) is 5.28. The fourth-order valence-corrected chi connectivity index (χ4v) is 2.36. The van der Waals surface area contributed by atoms with E-state index in [1.54, 1.807) is 30.1 Å². The summed E-state index contributed by atoms with van der Waals surface area (Å²) in [6.07, 6.45) is -2.89. The molecule has 9 heteroatoms. The zero-order chi connectivity index (χ0) is 17.3. The van der Waals surface area contributed by atoms with Crippen molar-refractivity contribution in [1.82, 2.24) is 19.9 Å². The zero-order valence-corrected chi connectivity index (χ0v) is 12.7. The maximum absolute atomic E-state index is 12.8. The number of H-pyrrole nitrogens is 1. The fraction of sp³-hybridized carbons (Fsp3) is 0.267. The number of hydrogen-bond donors (Lipinski definition) is 2. The molecule has 0 aliphatic carbocycles. The first-order valence-electron chi connectivity index (χ1n) is 7.12. The van der Waals surface area contributed by atoms with E-state index < -0.39 is 12.0 Å². The van der Waals surface area contributed by atoms with Crippen LogP contribution in [0.15, 0.2) is 30.6 Å². The molecular formula is C15H14F3N5O. The van der Waals surface area contributed by atoms with Gasteiger partial charge in [-0.25, -0.2) is 15.0 Å². The van der Waals surface area contributed by atoms with Gasteiger partial charge in [0.2, 0.25) is 5.82 Å². The zero-order valence-electron chi connectivity index (χ0n) is 12.7. The van der Waals surface area contributed by atoms with Crippen LogP contribution in [0, 0.1) is 0 Å². The Balaban J connectivity index is 1.86. The first-order valence-corrected chi connectivity index (χ1v) is 7.12. The van der Waals surface area contributed by atoms with Crippen LogP contribution in [0.3, 0.4) is 0 Å². The van der Waals surface area contributed by atoms with Gasteiger partial charge in [-0.2, -0.15) is 13.2 Å². The van der Waals surface area contributed by atoms with Gasteiger partial charge in [-0.15, -0.1) is 0 Å². The van der Waals surface area contributed by atoms with Crippen LogP contribution in [-0.4, -0.2) is 38.6 Å². The molecule has 2 aromatic heterocycles. The highest BCUT2D eigenvalue weighted by molar-refractivity contribution is 5.83. The normalized spacial score (nSPS) is 11.8. The lowest BCUT2D eigenvalue weighted by Gasteiger charge is -2.18. The highest BCUT2D eigenvalue weighted by Gasteiger charge is 2.35. The molecule has 1 aromatic carbocycles. The summed E-state index contributed by atoms with van der Waals surface area (Å²) in [5.41, 5.74) is 0.835. The first-order chi connectivity index (χ1) is 11.4. The molecule has 3 rings (SSSR count). The van der Waals surface area contributed by atoms with E-state index in [1.807, 2.05) is 6.07 Å². The number of nitrogens with one attached hydrogen (secondary N) is 1. The lowest BCUT2D eigenvalue weighted by atomic mass is 10.1. The van der Waals surface area contributed by atoms with Gasteiger partial charge in [-0.3, -0.25) is 0 Å². The minimum Gasteiger partial charge on any atom is -0.508 e. The third-order valence-corrected chi connectivity index (χ3v) is 3.61. The topological polar surface area (TPSA) is 77.9 Å². The van der Waals surface area contributed by atoms with Crippen LogP contribution in [0.25, 0.3) is 11.2 Å². The first kappa shape index (κ1) is 16.0. The fourth-order valence-electron chi connectivity index (χ4n) is 2.36. The molecule has 6 nitrogen and oxygen atoms in total. The van der Waals surface area contributed by atoms with Gasteiger partial charge in [-0.05, 0) is 18.1 Å². The molecule has 0 saturated carbocycles. The van der Waals surface area contributed by atoms with E-state index in [2.05, 4.69) is 19.9 Å². The minimum atomic E-state index is -4.58. The summed E-state index contributed by atoms with van der Waals surface area (Å²) in [6.45, 7) is 0.448. The van der Waals surface area contributed by atoms with E-state index >= 15 is 0 Å². The lowest BCUT2D eigenvalue weighted by molar-refractivity contribution is -0.144. The van der Waals surface area contributed by atoms with Crippen LogP contribution in [0.4, 0.5) is 19.0 Å². The number of fused-ring (bicyclic) bond motifs is 1. The maximum atomic E-state index is 12.8. The number of phenols is 1. The quantitative estimate of drug-likeness (QED) is 0.765. The van der Waals surface area contributed by atoms with Crippen molar-refractivity contribution in [2.45, 2.75) is 12.6 Å². The largest absolute Gasteiger partial charge is 0.508 e. The lowest BCUT2D eigenvalue weighted by Crippen LogP contribution is -2.22. The van der Waals surface area contributed by atoms with Gasteiger partial charge < -0.3 is 15.0 Å². The van der Waals surface area contributed by atoms with E-state index in [0.717, 1.165) is 5.56 Å². The molecule has 0 fully saturated rings. The van der Waals surface area contributed by atoms with Crippen molar-refractivity contribution < 1.29 is 18.3 Å². The standard InChI is InChI=1S/C15H14F3N5O/c1-23(7-6-9-4-2-3-5-10(9)24)13-11-12(19-8-20-13)22-14(21-11)15(16,17)18/h2-5,8,24H,6-7H2,1H3,(H,19,20,21,22). The van der Waals surface area contributed by atoms with Crippen LogP contribution in [-0.2, 0) is 12.6 Å². The number of rotatable bonds is 4. The third-order valence-electron chi connectivity index (χ3n) is 3.61. The number of aromatic hydroxyl groups is 1. The predicted molar refractivity (Wildman–Crippen MR) is 81.8 cm³/mol. The number of hydrogen-bond acceptors (Lipinski definition) is 5. The second-order valence-corrected chi connectivity index (χ2v) is 5.28. The van der Waals surface area contributed by atoms with Crippen molar-refractivity contribution in [1.29, 1.82) is 0 Å². The highest BCUT2D eigenvalue weighted by Crippen LogP contribution is 2.30. The van der Waals surface area contributed by atoms with Crippen molar-refractivity contribution in [3.05, 3.63) is 42.0 Å². The molecule has 3 aromatic rings. The number of imidazole rings is 1. The number of alkyl halides is 3. The summed E-state index contributed by atoms with van der Waals surface area (Å²) in [5.74, 6) is -0.605. The van der Waals surface area contributed by atoms with Crippen molar-refractivity contribution in [2.75, 3.05) is 18.5 Å². The monoisotopic (exact) mass is 337 g/mol. The molecule has 0 radical (unpaired) electrons. The van der Waals surface area contributed by atoms with E-state index in [-0.39, 0.29) is 16.9 Å². The number of likely N-dealkylation sites (N-methyl/N-ethyl adjacent to an activating group) is 1. The molecule has 0 saturated heterocycles. The Labute approximate surface area is 135 Å². The Morgan fingerprint density at radius 1 is 1.21 bits per heavy atom. The number of aromatic amines is 1. The summed E-state index contributed by atoms with van der Waals surface area (Å²) in [6, 6.07) is 6.90. The summed E-state index contributed by atoms with van der Waals surface area (Å²) < 4.78 is 38.4. The Morgan fingerprint density at radius 2 is 1.96 bits per heavy atom. The van der Waals surface area contributed by atoms with Gasteiger partial charge in [0.25, 0.3) is 0 Å². The van der Waals surface area contributed by atoms with E-state index in [4.69, 9.17) is 0 Å². The summed E-state index contributed by atoms with van der Waals surface area (Å²) in [7, 11) is 1.70. The van der Waals surface area contributed by atoms with Crippen LogP contribution < -0.4 is 4.90 Å². The molecule has 2 N–H and O–H groups in total. The second kappa shape index (κ2) is 5.99. The van der Waals surface area contributed by atoms with Gasteiger partial charge in [-0.1, -0.05) is 18.2 Å². The molecule has 126 valence electrons. The van der Waals surface area contributed by atoms with Gasteiger partial charge in [0.1, 0.15) is 17.6 Å². The number of phenolic OH excluding ortho intramolecular Hbond substituents is 1. The van der Waals surface area contributed by atoms with Gasteiger partial charge in [0.05, 0.1) is 0 Å². The van der Waals surface area contributed by atoms with Crippen molar-refractivity contribution in [2.24, 2.45) is 0 Å². The summed E-state index contributed by atoms with van der Waals surface area (Å²) in [4.78, 5) is 15.2. The minimum absolute atomic E-state index is 0.0401. The SMILES string of the molecule is CN(CCc1ccccc1O)c1ncnc2nc(C(F)(F)F)[nH]c12. The number of aromatic nitrogens is 4. The summed E-state index contributed by atoms with van der Waals surface area (Å²) in [5, 5.41) is 9.77. The molecule has 0 unspecified atom stereocenters. The smallest absolute Gasteiger partial charge is 0.449 e. The van der Waals surface area contributed by atoms with Crippen LogP contribution in [0.5, 0.6) is 5.75 Å². The average Bonchev–Trinajstić information content (AvgIpc) is 2.98. The Kier molecular flexibility index (Phi) is 4.00. The Morgan fingerprint density at radius 3 is 2.67 bits per heavy atom. The van der Waals surface area contributed by atoms with E-state index in [9.17, 15) is 18.3 Å². The predicted octanol–water partition coefficient (Wildman–Crippen LogP) is 2.76. The van der Waals surface area contributed by atoms with Crippen molar-refractivity contribution in [3.63, 3.8) is 0 Å². The molecule has 24 heavy (non-hydrogen) atoms. The Hall–Kier alpha value is -2.84. The average molecular weight is 337 g/mol. The maximum Gasteiger partial charge on any atom is 0.449 e. The molecule has 0 spiro atoms. The van der Waals surface area contributed by atoms with E-state index in [1.165, 1.54) is 6.33 Å². The van der Waals surface area contributed by atoms with Crippen molar-refractivity contribution in [3.8, 4) is 5.75 Å². The number of benzene rings is 1. The van der Waals surface area contributed by atoms with Gasteiger partial charge in [0.15, 0.2) is 11.5 Å². The molecule has 0 atom stereocenters. The summed E-state index contributed by atoms with van der Waals surface area (Å²) >= 11 is 0. The van der Waals surface area contributed by atoms with Crippen molar-refractivity contribution >= 4 is 17.0 Å². The molecule has 0 bridgehead atoms. The van der Waals surface area contributed by atoms with Gasteiger partial charge >= 0.3 is 6.18 Å². The van der Waals surface area contributed by atoms with Crippen LogP contribution in [0.2, 0.25) is 0 Å². The molecule has 2 heterocycles. The highest BCUT2D eigenvalue weighted by atomic mass is 19.4. The number of nitrogens with zero attached hydrogens (tertiary/aromatic N) is 4. The third kappa shape index (κ3) is 3.10. The van der Waals surface area contributed by atoms with E-state index in [0.29, 0.717) is 18.8 Å². The number of anilines is 1. The Bertz CT molecular complexity index is 862.